The number of H-pyrrole nitrogens is 1. The SMILES string of the molecule is NC1C=CC(C2CCN(c3nc4c(c(NC5(CO)CC5)[nH+]3)S(=O)CC4)CC2)=CC1. The number of nitrogens with two attached hydrogens (primary N) is 1. The highest BCUT2D eigenvalue weighted by atomic mass is 32.2. The molecule has 2 unspecified atom stereocenters. The number of aromatic nitrogens is 2. The van der Waals surface area contributed by atoms with Crippen LogP contribution in [0.1, 0.15) is 37.8 Å². The second-order valence-corrected chi connectivity index (χ2v) is 10.3. The third kappa shape index (κ3) is 3.73. The number of hydrogen-bond donors (Lipinski definition) is 3. The van der Waals surface area contributed by atoms with Crippen LogP contribution in [-0.4, -0.2) is 51.3 Å². The third-order valence-corrected chi connectivity index (χ3v) is 8.16. The molecule has 2 fully saturated rings. The smallest absolute Gasteiger partial charge is 0.347 e. The highest BCUT2D eigenvalue weighted by Gasteiger charge is 2.46. The van der Waals surface area contributed by atoms with Crippen molar-refractivity contribution in [2.45, 2.75) is 55.0 Å². The van der Waals surface area contributed by atoms with Crippen molar-refractivity contribution in [2.24, 2.45) is 11.7 Å². The van der Waals surface area contributed by atoms with Crippen molar-refractivity contribution in [3.05, 3.63) is 29.5 Å². The van der Waals surface area contributed by atoms with Crippen molar-refractivity contribution in [3.63, 3.8) is 0 Å². The molecule has 8 heteroatoms. The molecule has 29 heavy (non-hydrogen) atoms. The van der Waals surface area contributed by atoms with Gasteiger partial charge < -0.3 is 16.2 Å². The van der Waals surface area contributed by atoms with Crippen LogP contribution in [0.5, 0.6) is 0 Å². The standard InChI is InChI=1S/C21H29N5O2S/c22-16-3-1-14(2-4-16)15-5-10-26(11-6-15)20-23-17-7-12-29(28)18(17)19(24-20)25-21(13-27)8-9-21/h1-3,15-16,27H,4-13,22H2,(H,23,24,25)/p+1. The number of nitrogens with one attached hydrogen (secondary N) is 2. The van der Waals surface area contributed by atoms with Gasteiger partial charge in [-0.1, -0.05) is 18.2 Å². The molecule has 2 atom stereocenters. The van der Waals surface area contributed by atoms with E-state index in [9.17, 15) is 9.32 Å². The number of hydrogen-bond acceptors (Lipinski definition) is 6. The Morgan fingerprint density at radius 3 is 2.83 bits per heavy atom. The molecular formula is C21H30N5O2S+. The fourth-order valence-corrected chi connectivity index (χ4v) is 5.91. The second kappa shape index (κ2) is 7.49. The van der Waals surface area contributed by atoms with E-state index in [1.807, 2.05) is 0 Å². The molecular weight excluding hydrogens is 386 g/mol. The summed E-state index contributed by atoms with van der Waals surface area (Å²) in [4.78, 5) is 11.4. The first-order valence-corrected chi connectivity index (χ1v) is 12.0. The molecule has 2 aliphatic carbocycles. The summed E-state index contributed by atoms with van der Waals surface area (Å²) in [6, 6.07) is 0.161. The molecule has 0 amide bonds. The number of piperidine rings is 1. The summed E-state index contributed by atoms with van der Waals surface area (Å²) < 4.78 is 12.5. The van der Waals surface area contributed by atoms with Crippen LogP contribution in [-0.2, 0) is 17.2 Å². The van der Waals surface area contributed by atoms with Crippen LogP contribution >= 0.6 is 0 Å². The Bertz CT molecular complexity index is 887. The molecule has 0 aromatic carbocycles. The van der Waals surface area contributed by atoms with Crippen molar-refractivity contribution in [1.29, 1.82) is 0 Å². The summed E-state index contributed by atoms with van der Waals surface area (Å²) in [7, 11) is -1.03. The van der Waals surface area contributed by atoms with Gasteiger partial charge >= 0.3 is 5.95 Å². The quantitative estimate of drug-likeness (QED) is 0.659. The molecule has 0 radical (unpaired) electrons. The number of fused-ring (bicyclic) bond motifs is 1. The van der Waals surface area contributed by atoms with E-state index in [0.29, 0.717) is 11.7 Å². The minimum Gasteiger partial charge on any atom is -0.393 e. The van der Waals surface area contributed by atoms with E-state index < -0.39 is 10.8 Å². The second-order valence-electron chi connectivity index (χ2n) is 8.80. The molecule has 3 heterocycles. The average Bonchev–Trinajstić information content (AvgIpc) is 3.42. The van der Waals surface area contributed by atoms with Crippen LogP contribution in [0.4, 0.5) is 11.8 Å². The summed E-state index contributed by atoms with van der Waals surface area (Å²) in [5.41, 5.74) is 8.05. The van der Waals surface area contributed by atoms with E-state index in [1.165, 1.54) is 5.57 Å². The van der Waals surface area contributed by atoms with Crippen LogP contribution in [0.3, 0.4) is 0 Å². The maximum atomic E-state index is 12.5. The molecule has 4 aliphatic rings. The summed E-state index contributed by atoms with van der Waals surface area (Å²) in [6.45, 7) is 1.98. The van der Waals surface area contributed by atoms with Crippen molar-refractivity contribution in [3.8, 4) is 0 Å². The average molecular weight is 417 g/mol. The van der Waals surface area contributed by atoms with Crippen molar-refractivity contribution >= 4 is 22.6 Å². The molecule has 1 saturated heterocycles. The van der Waals surface area contributed by atoms with E-state index in [-0.39, 0.29) is 18.2 Å². The van der Waals surface area contributed by atoms with E-state index in [1.54, 1.807) is 0 Å². The lowest BCUT2D eigenvalue weighted by Gasteiger charge is -2.31. The van der Waals surface area contributed by atoms with Gasteiger partial charge in [0, 0.05) is 18.2 Å². The highest BCUT2D eigenvalue weighted by molar-refractivity contribution is 7.85. The molecule has 0 bridgehead atoms. The Kier molecular flexibility index (Phi) is 4.96. The Labute approximate surface area is 173 Å². The van der Waals surface area contributed by atoms with Crippen molar-refractivity contribution in [1.82, 2.24) is 4.98 Å². The zero-order valence-electron chi connectivity index (χ0n) is 16.7. The number of nitrogens with zero attached hydrogens (tertiary/aromatic N) is 2. The first-order valence-electron chi connectivity index (χ1n) is 10.7. The van der Waals surface area contributed by atoms with E-state index in [0.717, 1.165) is 74.0 Å². The van der Waals surface area contributed by atoms with Gasteiger partial charge in [-0.3, -0.25) is 9.11 Å². The van der Waals surface area contributed by atoms with Gasteiger partial charge in [0.15, 0.2) is 0 Å². The molecule has 5 N–H and O–H groups in total. The lowest BCUT2D eigenvalue weighted by Crippen LogP contribution is -2.40. The summed E-state index contributed by atoms with van der Waals surface area (Å²) in [5.74, 6) is 2.86. The monoisotopic (exact) mass is 416 g/mol. The summed E-state index contributed by atoms with van der Waals surface area (Å²) >= 11 is 0. The van der Waals surface area contributed by atoms with Crippen LogP contribution in [0, 0.1) is 5.92 Å². The number of rotatable bonds is 5. The molecule has 1 saturated carbocycles. The van der Waals surface area contributed by atoms with Crippen LogP contribution in [0.25, 0.3) is 0 Å². The van der Waals surface area contributed by atoms with Crippen molar-refractivity contribution < 1.29 is 14.3 Å². The fourth-order valence-electron chi connectivity index (χ4n) is 4.58. The molecule has 5 rings (SSSR count). The zero-order chi connectivity index (χ0) is 20.0. The zero-order valence-corrected chi connectivity index (χ0v) is 17.5. The van der Waals surface area contributed by atoms with Gasteiger partial charge in [0.2, 0.25) is 5.82 Å². The maximum Gasteiger partial charge on any atom is 0.347 e. The fraction of sp³-hybridized carbons (Fsp3) is 0.619. The largest absolute Gasteiger partial charge is 0.393 e. The number of aliphatic hydroxyl groups is 1. The summed E-state index contributed by atoms with van der Waals surface area (Å²) in [5, 5.41) is 13.2. The predicted octanol–water partition coefficient (Wildman–Crippen LogP) is 0.926. The lowest BCUT2D eigenvalue weighted by molar-refractivity contribution is -0.355. The van der Waals surface area contributed by atoms with Crippen LogP contribution < -0.4 is 20.9 Å². The Balaban J connectivity index is 1.34. The van der Waals surface area contributed by atoms with Gasteiger partial charge in [0.25, 0.3) is 0 Å². The van der Waals surface area contributed by atoms with Crippen LogP contribution in [0.2, 0.25) is 0 Å². The number of aliphatic hydroxyl groups excluding tert-OH is 1. The van der Waals surface area contributed by atoms with Gasteiger partial charge in [0.1, 0.15) is 10.6 Å². The van der Waals surface area contributed by atoms with Gasteiger partial charge in [0.05, 0.1) is 36.0 Å². The Hall–Kier alpha value is -1.77. The molecule has 156 valence electrons. The van der Waals surface area contributed by atoms with Gasteiger partial charge in [-0.25, -0.2) is 4.98 Å². The van der Waals surface area contributed by atoms with Crippen LogP contribution in [0.15, 0.2) is 28.7 Å². The normalized spacial score (nSPS) is 28.2. The van der Waals surface area contributed by atoms with E-state index >= 15 is 0 Å². The highest BCUT2D eigenvalue weighted by Crippen LogP contribution is 2.40. The molecule has 0 spiro atoms. The maximum absolute atomic E-state index is 12.5. The van der Waals surface area contributed by atoms with Gasteiger partial charge in [-0.2, -0.15) is 0 Å². The Morgan fingerprint density at radius 2 is 2.17 bits per heavy atom. The van der Waals surface area contributed by atoms with Crippen molar-refractivity contribution in [2.75, 3.05) is 35.7 Å². The lowest BCUT2D eigenvalue weighted by atomic mass is 9.86. The van der Waals surface area contributed by atoms with E-state index in [4.69, 9.17) is 10.7 Å². The first kappa shape index (κ1) is 19.2. The topological polar surface area (TPSA) is 106 Å². The molecule has 1 aromatic heterocycles. The third-order valence-electron chi connectivity index (χ3n) is 6.69. The number of aryl methyl sites for hydroxylation is 1. The van der Waals surface area contributed by atoms with Gasteiger partial charge in [-0.05, 0) is 43.6 Å². The molecule has 2 aliphatic heterocycles. The number of allylic oxidation sites excluding steroid dienone is 2. The minimum absolute atomic E-state index is 0.0948. The molecule has 7 nitrogen and oxygen atoms in total. The Morgan fingerprint density at radius 1 is 1.38 bits per heavy atom. The first-order chi connectivity index (χ1) is 14.1. The van der Waals surface area contributed by atoms with E-state index in [2.05, 4.69) is 33.4 Å². The van der Waals surface area contributed by atoms with Gasteiger partial charge in [-0.15, -0.1) is 4.98 Å². The minimum atomic E-state index is -1.03. The predicted molar refractivity (Wildman–Crippen MR) is 113 cm³/mol. The summed E-state index contributed by atoms with van der Waals surface area (Å²) in [6.07, 6.45) is 12.4. The molecule has 1 aromatic rings. The number of aromatic amines is 1. The number of anilines is 2.